The molecule has 4 N–H and O–H groups in total. The molecule has 0 aliphatic rings. The van der Waals surface area contributed by atoms with Gasteiger partial charge in [0.2, 0.25) is 0 Å². The van der Waals surface area contributed by atoms with Crippen molar-refractivity contribution in [2.45, 2.75) is 105 Å². The minimum Gasteiger partial charge on any atom is -0.507 e. The van der Waals surface area contributed by atoms with Gasteiger partial charge in [0, 0.05) is 22.3 Å². The zero-order valence-electron chi connectivity index (χ0n) is 23.9. The Morgan fingerprint density at radius 1 is 0.472 bits per heavy atom. The second-order valence-corrected chi connectivity index (χ2v) is 13.5. The third-order valence-electron chi connectivity index (χ3n) is 5.95. The van der Waals surface area contributed by atoms with Crippen molar-refractivity contribution in [3.05, 3.63) is 57.6 Å². The van der Waals surface area contributed by atoms with Crippen LogP contribution in [0.3, 0.4) is 0 Å². The van der Waals surface area contributed by atoms with Gasteiger partial charge >= 0.3 is 11.9 Å². The summed E-state index contributed by atoms with van der Waals surface area (Å²) in [5.74, 6) is -1.52. The highest BCUT2D eigenvalue weighted by Gasteiger charge is 2.29. The van der Waals surface area contributed by atoms with Crippen LogP contribution in [0.1, 0.15) is 126 Å². The van der Waals surface area contributed by atoms with Crippen LogP contribution in [-0.2, 0) is 21.7 Å². The van der Waals surface area contributed by atoms with Gasteiger partial charge in [0.25, 0.3) is 0 Å². The Labute approximate surface area is 216 Å². The molecule has 0 saturated heterocycles. The van der Waals surface area contributed by atoms with Gasteiger partial charge in [0.1, 0.15) is 11.5 Å². The van der Waals surface area contributed by atoms with Crippen LogP contribution >= 0.6 is 0 Å². The van der Waals surface area contributed by atoms with E-state index in [1.165, 1.54) is 0 Å². The first-order valence-corrected chi connectivity index (χ1v) is 12.1. The second kappa shape index (κ2) is 10.2. The zero-order chi connectivity index (χ0) is 28.6. The predicted molar refractivity (Wildman–Crippen MR) is 145 cm³/mol. The maximum absolute atomic E-state index is 11.2. The van der Waals surface area contributed by atoms with Crippen LogP contribution in [0.25, 0.3) is 0 Å². The quantitative estimate of drug-likeness (QED) is 0.342. The third kappa shape index (κ3) is 7.49. The Kier molecular flexibility index (Phi) is 8.75. The van der Waals surface area contributed by atoms with Gasteiger partial charge in [-0.2, -0.15) is 0 Å². The maximum atomic E-state index is 11.2. The highest BCUT2D eigenvalue weighted by Crippen LogP contribution is 2.41. The van der Waals surface area contributed by atoms with Gasteiger partial charge in [-0.15, -0.1) is 0 Å². The van der Waals surface area contributed by atoms with Gasteiger partial charge < -0.3 is 20.4 Å². The largest absolute Gasteiger partial charge is 0.507 e. The van der Waals surface area contributed by atoms with Crippen LogP contribution in [0.15, 0.2) is 24.3 Å². The molecular weight excluding hydrogens is 456 g/mol. The first kappa shape index (κ1) is 31.0. The minimum absolute atomic E-state index is 0.208. The highest BCUT2D eigenvalue weighted by atomic mass is 16.4. The SMILES string of the molecule is CC(C)(C)c1cc(C(=O)O)cc(C(C)(C)C)c1O.CC(C)(C)c1cc(C(=O)O)cc(C(C)(C)C)c1O. The van der Waals surface area contributed by atoms with E-state index in [-0.39, 0.29) is 44.3 Å². The molecule has 6 heteroatoms. The first-order chi connectivity index (χ1) is 15.9. The molecule has 0 aliphatic heterocycles. The van der Waals surface area contributed by atoms with E-state index in [4.69, 9.17) is 0 Å². The number of hydrogen-bond donors (Lipinski definition) is 4. The molecule has 0 heterocycles. The lowest BCUT2D eigenvalue weighted by Gasteiger charge is -2.27. The topological polar surface area (TPSA) is 115 Å². The lowest BCUT2D eigenvalue weighted by atomic mass is 9.78. The minimum atomic E-state index is -0.967. The van der Waals surface area contributed by atoms with Gasteiger partial charge in [-0.3, -0.25) is 0 Å². The second-order valence-electron chi connectivity index (χ2n) is 13.5. The molecular formula is C30H44O6. The first-order valence-electron chi connectivity index (χ1n) is 12.1. The maximum Gasteiger partial charge on any atom is 0.335 e. The fourth-order valence-corrected chi connectivity index (χ4v) is 3.80. The Hall–Kier alpha value is -3.02. The number of benzene rings is 2. The summed E-state index contributed by atoms with van der Waals surface area (Å²) < 4.78 is 0. The summed E-state index contributed by atoms with van der Waals surface area (Å²) in [6.07, 6.45) is 0. The van der Waals surface area contributed by atoms with E-state index < -0.39 is 11.9 Å². The fraction of sp³-hybridized carbons (Fsp3) is 0.533. The van der Waals surface area contributed by atoms with Crippen LogP contribution in [0, 0.1) is 0 Å². The Balaban J connectivity index is 0.000000360. The van der Waals surface area contributed by atoms with E-state index in [0.717, 1.165) is 0 Å². The molecule has 0 unspecified atom stereocenters. The number of carboxylic acids is 2. The molecule has 0 aromatic heterocycles. The summed E-state index contributed by atoms with van der Waals surface area (Å²) in [7, 11) is 0. The monoisotopic (exact) mass is 500 g/mol. The Morgan fingerprint density at radius 3 is 0.750 bits per heavy atom. The van der Waals surface area contributed by atoms with Gasteiger partial charge in [-0.05, 0) is 45.9 Å². The molecule has 0 radical (unpaired) electrons. The van der Waals surface area contributed by atoms with E-state index in [1.54, 1.807) is 24.3 Å². The van der Waals surface area contributed by atoms with E-state index >= 15 is 0 Å². The number of carbonyl (C=O) groups is 2. The Morgan fingerprint density at radius 2 is 0.639 bits per heavy atom. The van der Waals surface area contributed by atoms with E-state index in [1.807, 2.05) is 83.1 Å². The van der Waals surface area contributed by atoms with Crippen molar-refractivity contribution in [2.75, 3.05) is 0 Å². The summed E-state index contributed by atoms with van der Waals surface area (Å²) >= 11 is 0. The molecule has 2 aromatic rings. The molecule has 0 saturated carbocycles. The predicted octanol–water partition coefficient (Wildman–Crippen LogP) is 7.37. The molecule has 0 amide bonds. The number of carboxylic acid groups (broad SMARTS) is 2. The highest BCUT2D eigenvalue weighted by molar-refractivity contribution is 5.89. The van der Waals surface area contributed by atoms with Gasteiger partial charge in [0.05, 0.1) is 11.1 Å². The molecule has 200 valence electrons. The smallest absolute Gasteiger partial charge is 0.335 e. The molecule has 6 nitrogen and oxygen atoms in total. The molecule has 0 bridgehead atoms. The van der Waals surface area contributed by atoms with Gasteiger partial charge in [-0.1, -0.05) is 83.1 Å². The number of phenols is 2. The lowest BCUT2D eigenvalue weighted by molar-refractivity contribution is 0.0685. The van der Waals surface area contributed by atoms with Crippen LogP contribution in [0.5, 0.6) is 11.5 Å². The molecule has 2 aromatic carbocycles. The summed E-state index contributed by atoms with van der Waals surface area (Å²) in [4.78, 5) is 22.4. The fourth-order valence-electron chi connectivity index (χ4n) is 3.80. The summed E-state index contributed by atoms with van der Waals surface area (Å²) in [5.41, 5.74) is 1.96. The zero-order valence-corrected chi connectivity index (χ0v) is 23.9. The van der Waals surface area contributed by atoms with E-state index in [0.29, 0.717) is 22.3 Å². The third-order valence-corrected chi connectivity index (χ3v) is 5.95. The van der Waals surface area contributed by atoms with Crippen LogP contribution in [0.4, 0.5) is 0 Å². The summed E-state index contributed by atoms with van der Waals surface area (Å²) in [6.45, 7) is 23.5. The molecule has 0 spiro atoms. The van der Waals surface area contributed by atoms with Crippen molar-refractivity contribution in [2.24, 2.45) is 0 Å². The van der Waals surface area contributed by atoms with Crippen molar-refractivity contribution in [1.29, 1.82) is 0 Å². The molecule has 36 heavy (non-hydrogen) atoms. The van der Waals surface area contributed by atoms with Crippen molar-refractivity contribution < 1.29 is 30.0 Å². The van der Waals surface area contributed by atoms with Crippen LogP contribution in [-0.4, -0.2) is 32.4 Å². The van der Waals surface area contributed by atoms with Crippen LogP contribution in [0.2, 0.25) is 0 Å². The molecule has 0 atom stereocenters. The van der Waals surface area contributed by atoms with Gasteiger partial charge in [-0.25, -0.2) is 9.59 Å². The average Bonchev–Trinajstić information content (AvgIpc) is 2.64. The molecule has 0 fully saturated rings. The number of rotatable bonds is 2. The average molecular weight is 501 g/mol. The van der Waals surface area contributed by atoms with E-state index in [2.05, 4.69) is 0 Å². The molecule has 2 rings (SSSR count). The normalized spacial score (nSPS) is 12.6. The summed E-state index contributed by atoms with van der Waals surface area (Å²) in [5, 5.41) is 39.1. The van der Waals surface area contributed by atoms with E-state index in [9.17, 15) is 30.0 Å². The van der Waals surface area contributed by atoms with Crippen molar-refractivity contribution >= 4 is 11.9 Å². The molecule has 0 aliphatic carbocycles. The number of hydrogen-bond acceptors (Lipinski definition) is 4. The van der Waals surface area contributed by atoms with Crippen molar-refractivity contribution in [1.82, 2.24) is 0 Å². The number of aromatic hydroxyl groups is 2. The van der Waals surface area contributed by atoms with Gasteiger partial charge in [0.15, 0.2) is 0 Å². The number of aromatic carboxylic acids is 2. The van der Waals surface area contributed by atoms with Crippen LogP contribution < -0.4 is 0 Å². The Bertz CT molecular complexity index is 968. The van der Waals surface area contributed by atoms with Crippen molar-refractivity contribution in [3.8, 4) is 11.5 Å². The summed E-state index contributed by atoms with van der Waals surface area (Å²) in [6, 6.07) is 6.25. The number of phenolic OH excluding ortho intramolecular Hbond substituents is 2. The standard InChI is InChI=1S/2C15H22O3/c2*1-14(2,3)10-7-9(13(17)18)8-11(12(10)16)15(4,5)6/h2*7-8,16H,1-6H3,(H,17,18). The van der Waals surface area contributed by atoms with Crippen molar-refractivity contribution in [3.63, 3.8) is 0 Å². The lowest BCUT2D eigenvalue weighted by Crippen LogP contribution is -2.18.